The van der Waals surface area contributed by atoms with Crippen LogP contribution in [0.25, 0.3) is 12.7 Å². The Morgan fingerprint density at radius 1 is 1.03 bits per heavy atom. The number of hydrogen-bond donors (Lipinski definition) is 3. The number of aromatic hydroxyl groups is 2. The molecule has 1 amide bonds. The van der Waals surface area contributed by atoms with Gasteiger partial charge in [0.05, 0.1) is 6.54 Å². The van der Waals surface area contributed by atoms with Crippen molar-refractivity contribution in [3.05, 3.63) is 33.7 Å². The summed E-state index contributed by atoms with van der Waals surface area (Å²) in [5.41, 5.74) is 2.96. The normalized spacial score (nSPS) is 39.7. The predicted molar refractivity (Wildman–Crippen MR) is 154 cm³/mol. The molecule has 6 atom stereocenters. The lowest BCUT2D eigenvalue weighted by Crippen LogP contribution is -2.63. The molecule has 0 heterocycles. The fourth-order valence-electron chi connectivity index (χ4n) is 9.25. The van der Waals surface area contributed by atoms with Crippen LogP contribution in [0.2, 0.25) is 0 Å². The molecular formula is C33H48N2O3. The van der Waals surface area contributed by atoms with Gasteiger partial charge >= 0.3 is 0 Å². The maximum absolute atomic E-state index is 12.5. The van der Waals surface area contributed by atoms with E-state index in [4.69, 9.17) is 0 Å². The summed E-state index contributed by atoms with van der Waals surface area (Å²) < 4.78 is 0. The number of phenolic OH excluding ortho intramolecular Hbond substituents is 2. The second-order valence-electron chi connectivity index (χ2n) is 14.7. The molecule has 3 saturated carbocycles. The van der Waals surface area contributed by atoms with Crippen LogP contribution in [0.5, 0.6) is 11.5 Å². The average Bonchev–Trinajstić information content (AvgIpc) is 2.84. The Balaban J connectivity index is 1.52. The van der Waals surface area contributed by atoms with E-state index in [0.29, 0.717) is 23.1 Å². The maximum Gasteiger partial charge on any atom is 0.234 e. The molecule has 3 N–H and O–H groups in total. The third-order valence-electron chi connectivity index (χ3n) is 12.0. The van der Waals surface area contributed by atoms with Crippen LogP contribution in [0, 0.1) is 27.6 Å². The fourth-order valence-corrected chi connectivity index (χ4v) is 9.25. The number of amides is 1. The Kier molecular flexibility index (Phi) is 6.19. The summed E-state index contributed by atoms with van der Waals surface area (Å²) in [6.45, 7) is 17.6. The Morgan fingerprint density at radius 3 is 2.39 bits per heavy atom. The lowest BCUT2D eigenvalue weighted by molar-refractivity contribution is -0.158. The molecule has 1 aromatic rings. The molecular weight excluding hydrogens is 472 g/mol. The van der Waals surface area contributed by atoms with E-state index in [2.05, 4.69) is 58.7 Å². The summed E-state index contributed by atoms with van der Waals surface area (Å²) in [4.78, 5) is 14.4. The third-order valence-corrected chi connectivity index (χ3v) is 12.0. The first-order valence-electron chi connectivity index (χ1n) is 14.5. The topological polar surface area (TPSA) is 72.8 Å². The molecule has 5 heteroatoms. The van der Waals surface area contributed by atoms with Crippen molar-refractivity contribution in [2.45, 2.75) is 85.0 Å². The van der Waals surface area contributed by atoms with Crippen molar-refractivity contribution >= 4 is 18.6 Å². The average molecular weight is 521 g/mol. The van der Waals surface area contributed by atoms with E-state index >= 15 is 0 Å². The van der Waals surface area contributed by atoms with Crippen molar-refractivity contribution in [1.29, 1.82) is 0 Å². The highest BCUT2D eigenvalue weighted by Gasteiger charge is 2.66. The Bertz CT molecular complexity index is 1320. The van der Waals surface area contributed by atoms with Gasteiger partial charge in [-0.2, -0.15) is 0 Å². The van der Waals surface area contributed by atoms with Crippen molar-refractivity contribution in [2.24, 2.45) is 27.6 Å². The zero-order chi connectivity index (χ0) is 27.9. The van der Waals surface area contributed by atoms with Crippen LogP contribution in [-0.4, -0.2) is 48.2 Å². The van der Waals surface area contributed by atoms with Gasteiger partial charge in [-0.1, -0.05) is 58.9 Å². The Morgan fingerprint density at radius 2 is 1.71 bits per heavy atom. The van der Waals surface area contributed by atoms with Crippen LogP contribution >= 0.6 is 0 Å². The molecule has 0 aromatic heterocycles. The zero-order valence-electron chi connectivity index (χ0n) is 24.6. The Labute approximate surface area is 228 Å². The zero-order valence-corrected chi connectivity index (χ0v) is 24.6. The summed E-state index contributed by atoms with van der Waals surface area (Å²) in [5.74, 6) is 0.499. The molecule has 0 spiro atoms. The van der Waals surface area contributed by atoms with E-state index in [1.54, 1.807) is 6.07 Å². The number of hydrogen-bond acceptors (Lipinski definition) is 4. The highest BCUT2D eigenvalue weighted by molar-refractivity contribution is 5.78. The SMILES string of the molecule is C=c1c(O)c(O)cc2c1=CC=C1C2(C)CCC2(C)C3CC(C)(CNC(=O)CN(C)C)CCC3(C)CCC12C. The highest BCUT2D eigenvalue weighted by Crippen LogP contribution is 2.74. The summed E-state index contributed by atoms with van der Waals surface area (Å²) in [6, 6.07) is 1.79. The van der Waals surface area contributed by atoms with Crippen LogP contribution in [0.15, 0.2) is 17.7 Å². The molecule has 0 radical (unpaired) electrons. The molecule has 0 aliphatic heterocycles. The van der Waals surface area contributed by atoms with Crippen molar-refractivity contribution < 1.29 is 15.0 Å². The van der Waals surface area contributed by atoms with E-state index in [0.717, 1.165) is 43.0 Å². The van der Waals surface area contributed by atoms with Crippen molar-refractivity contribution in [2.75, 3.05) is 27.2 Å². The first-order chi connectivity index (χ1) is 17.6. The number of likely N-dealkylation sites (N-methyl/N-ethyl adjacent to an activating group) is 1. The molecule has 208 valence electrons. The predicted octanol–water partition coefficient (Wildman–Crippen LogP) is 4.58. The van der Waals surface area contributed by atoms with Crippen LogP contribution < -0.4 is 15.8 Å². The van der Waals surface area contributed by atoms with Gasteiger partial charge in [0, 0.05) is 17.2 Å². The van der Waals surface area contributed by atoms with Gasteiger partial charge in [0.1, 0.15) is 0 Å². The second-order valence-corrected chi connectivity index (χ2v) is 14.7. The minimum atomic E-state index is -0.193. The number of carbonyl (C=O) groups is 1. The number of fused-ring (bicyclic) bond motifs is 7. The summed E-state index contributed by atoms with van der Waals surface area (Å²) in [7, 11) is 3.87. The van der Waals surface area contributed by atoms with E-state index < -0.39 is 0 Å². The number of nitrogens with zero attached hydrogens (tertiary/aromatic N) is 1. The monoisotopic (exact) mass is 520 g/mol. The molecule has 5 nitrogen and oxygen atoms in total. The van der Waals surface area contributed by atoms with Crippen LogP contribution in [0.3, 0.4) is 0 Å². The van der Waals surface area contributed by atoms with Gasteiger partial charge in [-0.25, -0.2) is 0 Å². The molecule has 0 saturated heterocycles. The number of carbonyl (C=O) groups excluding carboxylic acids is 1. The molecule has 0 bridgehead atoms. The maximum atomic E-state index is 12.5. The number of rotatable bonds is 4. The minimum Gasteiger partial charge on any atom is -0.504 e. The standard InChI is InChI=1S/C33H48N2O3/c1-21-22-9-10-25-31(4,23(22)17-24(36)28(21)38)14-16-33(6)26-18-29(2,20-34-27(37)19-35(7)8)11-12-30(26,3)13-15-32(25,33)5/h9-10,17,26,36,38H,1,11-16,18-20H2,2-8H3,(H,34,37). The first kappa shape index (κ1) is 27.3. The summed E-state index contributed by atoms with van der Waals surface area (Å²) in [5, 5.41) is 25.6. The van der Waals surface area contributed by atoms with Crippen molar-refractivity contribution in [1.82, 2.24) is 10.2 Å². The second kappa shape index (κ2) is 8.61. The quantitative estimate of drug-likeness (QED) is 0.509. The van der Waals surface area contributed by atoms with Crippen molar-refractivity contribution in [3.63, 3.8) is 0 Å². The summed E-state index contributed by atoms with van der Waals surface area (Å²) >= 11 is 0. The van der Waals surface area contributed by atoms with Crippen molar-refractivity contribution in [3.8, 4) is 11.5 Å². The highest BCUT2D eigenvalue weighted by atomic mass is 16.3. The smallest absolute Gasteiger partial charge is 0.234 e. The minimum absolute atomic E-state index is 0.0274. The van der Waals surface area contributed by atoms with Gasteiger partial charge in [-0.3, -0.25) is 4.79 Å². The molecule has 38 heavy (non-hydrogen) atoms. The lowest BCUT2D eigenvalue weighted by atomic mass is 9.35. The van der Waals surface area contributed by atoms with Gasteiger partial charge in [-0.05, 0) is 103 Å². The first-order valence-corrected chi connectivity index (χ1v) is 14.5. The number of nitrogens with one attached hydrogen (secondary N) is 1. The fraction of sp³-hybridized carbons (Fsp3) is 0.667. The van der Waals surface area contributed by atoms with Crippen LogP contribution in [0.4, 0.5) is 0 Å². The number of benzene rings is 1. The van der Waals surface area contributed by atoms with Gasteiger partial charge in [0.15, 0.2) is 11.5 Å². The van der Waals surface area contributed by atoms with Crippen LogP contribution in [0.1, 0.15) is 85.1 Å². The third kappa shape index (κ3) is 3.78. The Hall–Kier alpha value is -2.27. The molecule has 5 rings (SSSR count). The number of phenols is 2. The van der Waals surface area contributed by atoms with Gasteiger partial charge in [-0.15, -0.1) is 0 Å². The molecule has 4 aliphatic carbocycles. The molecule has 3 fully saturated rings. The molecule has 6 unspecified atom stereocenters. The van der Waals surface area contributed by atoms with Gasteiger partial charge in [0.25, 0.3) is 0 Å². The molecule has 4 aliphatic rings. The largest absolute Gasteiger partial charge is 0.504 e. The van der Waals surface area contributed by atoms with E-state index in [1.807, 2.05) is 19.0 Å². The van der Waals surface area contributed by atoms with E-state index in [-0.39, 0.29) is 39.1 Å². The van der Waals surface area contributed by atoms with Crippen LogP contribution in [-0.2, 0) is 10.2 Å². The number of allylic oxidation sites excluding steroid dienone is 2. The van der Waals surface area contributed by atoms with E-state index in [1.165, 1.54) is 24.8 Å². The summed E-state index contributed by atoms with van der Waals surface area (Å²) in [6.07, 6.45) is 12.5. The molecule has 1 aromatic carbocycles. The van der Waals surface area contributed by atoms with Gasteiger partial charge in [0.2, 0.25) is 5.91 Å². The lowest BCUT2D eigenvalue weighted by Gasteiger charge is -2.70. The van der Waals surface area contributed by atoms with Gasteiger partial charge < -0.3 is 20.4 Å². The van der Waals surface area contributed by atoms with E-state index in [9.17, 15) is 15.0 Å².